The van der Waals surface area contributed by atoms with Crippen LogP contribution in [0, 0.1) is 5.82 Å². The molecule has 0 aliphatic carbocycles. The lowest BCUT2D eigenvalue weighted by atomic mass is 10.0. The molecule has 8 rings (SSSR count). The van der Waals surface area contributed by atoms with Gasteiger partial charge >= 0.3 is 0 Å². The minimum Gasteiger partial charge on any atom is -0.336 e. The number of pyridine rings is 3. The molecule has 12 heteroatoms. The summed E-state index contributed by atoms with van der Waals surface area (Å²) >= 11 is 0. The maximum Gasteiger partial charge on any atom is 0.261 e. The van der Waals surface area contributed by atoms with Gasteiger partial charge in [0.25, 0.3) is 5.92 Å². The monoisotopic (exact) mass is 637 g/mol. The van der Waals surface area contributed by atoms with Gasteiger partial charge in [-0.1, -0.05) is 0 Å². The number of likely N-dealkylation sites (tertiary alicyclic amines) is 2. The highest BCUT2D eigenvalue weighted by Gasteiger charge is 2.38. The van der Waals surface area contributed by atoms with Crippen molar-refractivity contribution >= 4 is 21.9 Å². The fourth-order valence-electron chi connectivity index (χ4n) is 6.87. The molecule has 0 bridgehead atoms. The van der Waals surface area contributed by atoms with Crippen LogP contribution >= 0.6 is 0 Å². The fraction of sp³-hybridized carbons (Fsp3) is 0.343. The quantitative estimate of drug-likeness (QED) is 0.183. The van der Waals surface area contributed by atoms with Crippen LogP contribution in [0.2, 0.25) is 0 Å². The number of nitrogens with zero attached hydrogens (tertiary/aromatic N) is 7. The molecule has 5 aromatic heterocycles. The molecule has 240 valence electrons. The first-order chi connectivity index (χ1) is 22.9. The standard InChI is InChI=1S/C35H34F3N9/c36-26-14-22(4-3-10-46-8-1-2-9-46)12-24(15-26)31-33-28(5-7-40-31)42-34(43-33)32-27-16-29(41-19-30(27)44-45-32)25-13-23(17-39-18-25)20-47-11-6-35(37,38)21-47/h5,7,12-19H,1-4,6,8-11,20-21H2,(H,42,43)(H,44,45). The number of nitrogens with one attached hydrogen (secondary N) is 2. The van der Waals surface area contributed by atoms with Gasteiger partial charge in [-0.25, -0.2) is 18.2 Å². The molecule has 0 spiro atoms. The minimum atomic E-state index is -2.64. The second kappa shape index (κ2) is 12.2. The maximum atomic E-state index is 14.9. The summed E-state index contributed by atoms with van der Waals surface area (Å²) in [6.07, 6.45) is 11.0. The zero-order valence-electron chi connectivity index (χ0n) is 25.8. The van der Waals surface area contributed by atoms with E-state index in [9.17, 15) is 13.2 Å². The van der Waals surface area contributed by atoms with E-state index in [0.717, 1.165) is 65.6 Å². The summed E-state index contributed by atoms with van der Waals surface area (Å²) < 4.78 is 42.3. The fourth-order valence-corrected chi connectivity index (χ4v) is 6.87. The highest BCUT2D eigenvalue weighted by molar-refractivity contribution is 5.96. The lowest BCUT2D eigenvalue weighted by Gasteiger charge is -2.15. The summed E-state index contributed by atoms with van der Waals surface area (Å²) in [6.45, 7) is 3.84. The van der Waals surface area contributed by atoms with Gasteiger partial charge in [-0.15, -0.1) is 0 Å². The molecule has 0 unspecified atom stereocenters. The molecule has 7 heterocycles. The number of hydrogen-bond donors (Lipinski definition) is 2. The number of halogens is 3. The Morgan fingerprint density at radius 3 is 2.57 bits per heavy atom. The number of imidazole rings is 1. The van der Waals surface area contributed by atoms with Gasteiger partial charge in [0.2, 0.25) is 0 Å². The third kappa shape index (κ3) is 6.22. The van der Waals surface area contributed by atoms with Gasteiger partial charge in [0, 0.05) is 54.6 Å². The Labute approximate surface area is 269 Å². The van der Waals surface area contributed by atoms with Crippen LogP contribution in [-0.4, -0.2) is 83.6 Å². The Morgan fingerprint density at radius 2 is 1.72 bits per heavy atom. The Bertz CT molecular complexity index is 2060. The predicted octanol–water partition coefficient (Wildman–Crippen LogP) is 6.63. The van der Waals surface area contributed by atoms with Crippen molar-refractivity contribution in [2.75, 3.05) is 32.7 Å². The number of aromatic nitrogens is 7. The number of aryl methyl sites for hydroxylation is 1. The van der Waals surface area contributed by atoms with Crippen molar-refractivity contribution in [1.82, 2.24) is 44.9 Å². The van der Waals surface area contributed by atoms with E-state index in [2.05, 4.69) is 35.0 Å². The van der Waals surface area contributed by atoms with Gasteiger partial charge in [0.15, 0.2) is 5.82 Å². The van der Waals surface area contributed by atoms with E-state index in [1.807, 2.05) is 24.3 Å². The molecule has 0 saturated carbocycles. The highest BCUT2D eigenvalue weighted by atomic mass is 19.3. The van der Waals surface area contributed by atoms with Gasteiger partial charge in [-0.05, 0) is 92.8 Å². The van der Waals surface area contributed by atoms with Gasteiger partial charge in [0.05, 0.1) is 35.2 Å². The van der Waals surface area contributed by atoms with Crippen molar-refractivity contribution in [3.05, 3.63) is 78.1 Å². The van der Waals surface area contributed by atoms with Crippen molar-refractivity contribution in [3.8, 4) is 34.0 Å². The summed E-state index contributed by atoms with van der Waals surface area (Å²) in [4.78, 5) is 26.1. The molecule has 2 N–H and O–H groups in total. The highest BCUT2D eigenvalue weighted by Crippen LogP contribution is 2.33. The molecule has 9 nitrogen and oxygen atoms in total. The van der Waals surface area contributed by atoms with Crippen LogP contribution in [0.25, 0.3) is 56.0 Å². The SMILES string of the molecule is Fc1cc(CCCN2CCCC2)cc(-c2nccc3[nH]c(-c4n[nH]c5cnc(-c6cncc(CN7CCC(F)(F)C7)c6)cc45)nc23)c1. The van der Waals surface area contributed by atoms with E-state index < -0.39 is 5.92 Å². The summed E-state index contributed by atoms with van der Waals surface area (Å²) in [5, 5.41) is 8.40. The van der Waals surface area contributed by atoms with Crippen molar-refractivity contribution < 1.29 is 13.2 Å². The first-order valence-corrected chi connectivity index (χ1v) is 16.1. The maximum absolute atomic E-state index is 14.9. The largest absolute Gasteiger partial charge is 0.336 e. The Hall–Kier alpha value is -4.68. The first-order valence-electron chi connectivity index (χ1n) is 16.1. The number of fused-ring (bicyclic) bond motifs is 2. The zero-order chi connectivity index (χ0) is 32.0. The molecule has 0 radical (unpaired) electrons. The molecular weight excluding hydrogens is 603 g/mol. The molecule has 0 amide bonds. The Kier molecular flexibility index (Phi) is 7.69. The topological polar surface area (TPSA) is 103 Å². The van der Waals surface area contributed by atoms with E-state index in [1.54, 1.807) is 35.8 Å². The van der Waals surface area contributed by atoms with E-state index in [-0.39, 0.29) is 18.8 Å². The van der Waals surface area contributed by atoms with E-state index >= 15 is 0 Å². The van der Waals surface area contributed by atoms with Crippen LogP contribution in [0.5, 0.6) is 0 Å². The van der Waals surface area contributed by atoms with E-state index in [1.165, 1.54) is 18.9 Å². The number of aromatic amines is 2. The number of H-pyrrole nitrogens is 2. The van der Waals surface area contributed by atoms with Crippen molar-refractivity contribution in [2.24, 2.45) is 0 Å². The summed E-state index contributed by atoms with van der Waals surface area (Å²) in [6, 6.07) is 10.9. The lowest BCUT2D eigenvalue weighted by molar-refractivity contribution is 0.0115. The van der Waals surface area contributed by atoms with Crippen molar-refractivity contribution in [3.63, 3.8) is 0 Å². The first kappa shape index (κ1) is 29.7. The van der Waals surface area contributed by atoms with Gasteiger partial charge < -0.3 is 9.88 Å². The van der Waals surface area contributed by atoms with Gasteiger partial charge in [-0.2, -0.15) is 5.10 Å². The van der Waals surface area contributed by atoms with Crippen LogP contribution in [0.1, 0.15) is 36.8 Å². The molecule has 2 fully saturated rings. The summed E-state index contributed by atoms with van der Waals surface area (Å²) in [7, 11) is 0. The van der Waals surface area contributed by atoms with Crippen LogP contribution in [0.4, 0.5) is 13.2 Å². The van der Waals surface area contributed by atoms with Crippen LogP contribution in [0.3, 0.4) is 0 Å². The number of alkyl halides is 2. The molecule has 2 aliphatic rings. The van der Waals surface area contributed by atoms with E-state index in [4.69, 9.17) is 4.98 Å². The van der Waals surface area contributed by atoms with Crippen LogP contribution in [-0.2, 0) is 13.0 Å². The normalized spacial score (nSPS) is 17.0. The van der Waals surface area contributed by atoms with Gasteiger partial charge in [-0.3, -0.25) is 25.0 Å². The Morgan fingerprint density at radius 1 is 0.851 bits per heavy atom. The second-order valence-electron chi connectivity index (χ2n) is 12.7. The number of rotatable bonds is 9. The average molecular weight is 638 g/mol. The minimum absolute atomic E-state index is 0.122. The summed E-state index contributed by atoms with van der Waals surface area (Å²) in [5.74, 6) is -2.39. The molecule has 2 saturated heterocycles. The lowest BCUT2D eigenvalue weighted by Crippen LogP contribution is -2.24. The van der Waals surface area contributed by atoms with Crippen molar-refractivity contribution in [1.29, 1.82) is 0 Å². The average Bonchev–Trinajstić information content (AvgIpc) is 3.87. The molecule has 0 atom stereocenters. The number of benzene rings is 1. The third-order valence-electron chi connectivity index (χ3n) is 9.19. The molecule has 1 aromatic carbocycles. The van der Waals surface area contributed by atoms with Crippen LogP contribution in [0.15, 0.2) is 61.2 Å². The molecule has 47 heavy (non-hydrogen) atoms. The smallest absolute Gasteiger partial charge is 0.261 e. The zero-order valence-corrected chi connectivity index (χ0v) is 25.8. The van der Waals surface area contributed by atoms with Crippen LogP contribution < -0.4 is 0 Å². The Balaban J connectivity index is 1.08. The second-order valence-corrected chi connectivity index (χ2v) is 12.7. The van der Waals surface area contributed by atoms with Gasteiger partial charge in [0.1, 0.15) is 17.0 Å². The number of hydrogen-bond acceptors (Lipinski definition) is 7. The summed E-state index contributed by atoms with van der Waals surface area (Å²) in [5.41, 5.74) is 7.27. The molecular formula is C35H34F3N9. The third-order valence-corrected chi connectivity index (χ3v) is 9.19. The molecule has 6 aromatic rings. The molecule has 2 aliphatic heterocycles. The predicted molar refractivity (Wildman–Crippen MR) is 174 cm³/mol. The van der Waals surface area contributed by atoms with E-state index in [0.29, 0.717) is 47.1 Å². The van der Waals surface area contributed by atoms with Crippen molar-refractivity contribution in [2.45, 2.75) is 44.6 Å².